The lowest BCUT2D eigenvalue weighted by molar-refractivity contribution is 0.0980. The van der Waals surface area contributed by atoms with Crippen LogP contribution >= 0.6 is 0 Å². The number of unbranched alkanes of at least 4 members (excludes halogenated alkanes) is 3. The third-order valence-corrected chi connectivity index (χ3v) is 6.74. The number of hydrogen-bond donors (Lipinski definition) is 0. The maximum Gasteiger partial charge on any atom is 0.162 e. The average molecular weight is 391 g/mol. The van der Waals surface area contributed by atoms with Gasteiger partial charge in [-0.15, -0.1) is 0 Å². The van der Waals surface area contributed by atoms with Crippen LogP contribution in [-0.2, 0) is 0 Å². The molecule has 0 aromatic heterocycles. The van der Waals surface area contributed by atoms with Crippen LogP contribution in [0.1, 0.15) is 106 Å². The molecule has 1 nitrogen and oxygen atoms in total. The SMILES string of the molecule is CCCCCC1CCC(c2ccc(-c3ccc(C(=O)CCCC)cc3)cc2)CC1. The molecule has 0 aliphatic heterocycles. The van der Waals surface area contributed by atoms with E-state index < -0.39 is 0 Å². The van der Waals surface area contributed by atoms with Crippen molar-refractivity contribution in [2.24, 2.45) is 5.92 Å². The van der Waals surface area contributed by atoms with Gasteiger partial charge in [0.05, 0.1) is 0 Å². The topological polar surface area (TPSA) is 17.1 Å². The minimum Gasteiger partial charge on any atom is -0.294 e. The van der Waals surface area contributed by atoms with E-state index in [-0.39, 0.29) is 5.78 Å². The minimum absolute atomic E-state index is 0.263. The Hall–Kier alpha value is -1.89. The van der Waals surface area contributed by atoms with Gasteiger partial charge in [0, 0.05) is 12.0 Å². The van der Waals surface area contributed by atoms with Crippen molar-refractivity contribution < 1.29 is 4.79 Å². The van der Waals surface area contributed by atoms with Crippen molar-refractivity contribution in [2.75, 3.05) is 0 Å². The molecule has 0 saturated heterocycles. The molecule has 3 rings (SSSR count). The molecule has 0 amide bonds. The second-order valence-electron chi connectivity index (χ2n) is 8.94. The second kappa shape index (κ2) is 11.3. The molecule has 1 saturated carbocycles. The van der Waals surface area contributed by atoms with Gasteiger partial charge in [0.2, 0.25) is 0 Å². The summed E-state index contributed by atoms with van der Waals surface area (Å²) in [6, 6.07) is 17.3. The highest BCUT2D eigenvalue weighted by atomic mass is 16.1. The fraction of sp³-hybridized carbons (Fsp3) is 0.536. The van der Waals surface area contributed by atoms with E-state index in [0.29, 0.717) is 6.42 Å². The molecule has 0 radical (unpaired) electrons. The Morgan fingerprint density at radius 3 is 1.93 bits per heavy atom. The van der Waals surface area contributed by atoms with Gasteiger partial charge < -0.3 is 0 Å². The predicted octanol–water partition coefficient (Wildman–Crippen LogP) is 8.58. The quantitative estimate of drug-likeness (QED) is 0.293. The second-order valence-corrected chi connectivity index (χ2v) is 8.94. The number of benzene rings is 2. The Balaban J connectivity index is 1.54. The van der Waals surface area contributed by atoms with E-state index in [4.69, 9.17) is 0 Å². The lowest BCUT2D eigenvalue weighted by Gasteiger charge is -2.29. The maximum atomic E-state index is 12.2. The summed E-state index contributed by atoms with van der Waals surface area (Å²) in [7, 11) is 0. The molecule has 1 aliphatic rings. The van der Waals surface area contributed by atoms with E-state index in [1.54, 1.807) is 0 Å². The summed E-state index contributed by atoms with van der Waals surface area (Å²) >= 11 is 0. The molecule has 2 aromatic carbocycles. The number of hydrogen-bond acceptors (Lipinski definition) is 1. The lowest BCUT2D eigenvalue weighted by atomic mass is 9.77. The molecule has 0 bridgehead atoms. The van der Waals surface area contributed by atoms with E-state index in [2.05, 4.69) is 50.2 Å². The predicted molar refractivity (Wildman–Crippen MR) is 125 cm³/mol. The van der Waals surface area contributed by atoms with Gasteiger partial charge in [-0.2, -0.15) is 0 Å². The zero-order chi connectivity index (χ0) is 20.5. The monoisotopic (exact) mass is 390 g/mol. The van der Waals surface area contributed by atoms with Gasteiger partial charge in [0.15, 0.2) is 5.78 Å². The van der Waals surface area contributed by atoms with E-state index in [1.165, 1.54) is 68.1 Å². The molecular formula is C28H38O. The maximum absolute atomic E-state index is 12.2. The minimum atomic E-state index is 0.263. The van der Waals surface area contributed by atoms with Crippen LogP contribution in [0.25, 0.3) is 11.1 Å². The number of Topliss-reactive ketones (excluding diaryl/α,β-unsaturated/α-hetero) is 1. The number of ketones is 1. The van der Waals surface area contributed by atoms with E-state index in [9.17, 15) is 4.79 Å². The molecule has 0 heterocycles. The first kappa shape index (κ1) is 21.8. The van der Waals surface area contributed by atoms with E-state index in [1.807, 2.05) is 12.1 Å². The third kappa shape index (κ3) is 6.29. The highest BCUT2D eigenvalue weighted by Crippen LogP contribution is 2.38. The fourth-order valence-electron chi connectivity index (χ4n) is 4.75. The van der Waals surface area contributed by atoms with Crippen LogP contribution in [0, 0.1) is 5.92 Å². The van der Waals surface area contributed by atoms with Crippen molar-refractivity contribution >= 4 is 5.78 Å². The smallest absolute Gasteiger partial charge is 0.162 e. The first-order chi connectivity index (χ1) is 14.2. The molecule has 2 aromatic rings. The van der Waals surface area contributed by atoms with Gasteiger partial charge in [-0.25, -0.2) is 0 Å². The van der Waals surface area contributed by atoms with Gasteiger partial charge >= 0.3 is 0 Å². The summed E-state index contributed by atoms with van der Waals surface area (Å²) in [5.74, 6) is 1.97. The number of rotatable bonds is 10. The van der Waals surface area contributed by atoms with Gasteiger partial charge in [-0.3, -0.25) is 4.79 Å². The molecule has 1 aliphatic carbocycles. The standard InChI is InChI=1S/C28H38O/c1-3-5-7-8-22-10-12-23(13-11-22)24-14-16-25(17-15-24)26-18-20-27(21-19-26)28(29)9-6-4-2/h14-23H,3-13H2,1-2H3. The summed E-state index contributed by atoms with van der Waals surface area (Å²) in [5, 5.41) is 0. The Kier molecular flexibility index (Phi) is 8.52. The van der Waals surface area contributed by atoms with Crippen LogP contribution in [0.15, 0.2) is 48.5 Å². The van der Waals surface area contributed by atoms with Crippen LogP contribution in [0.2, 0.25) is 0 Å². The van der Waals surface area contributed by atoms with Crippen LogP contribution < -0.4 is 0 Å². The first-order valence-corrected chi connectivity index (χ1v) is 11.9. The van der Waals surface area contributed by atoms with E-state index >= 15 is 0 Å². The molecule has 0 N–H and O–H groups in total. The van der Waals surface area contributed by atoms with E-state index in [0.717, 1.165) is 30.2 Å². The lowest BCUT2D eigenvalue weighted by Crippen LogP contribution is -2.13. The molecule has 0 spiro atoms. The molecule has 0 unspecified atom stereocenters. The summed E-state index contributed by atoms with van der Waals surface area (Å²) < 4.78 is 0. The van der Waals surface area contributed by atoms with Gasteiger partial charge in [-0.05, 0) is 60.6 Å². The van der Waals surface area contributed by atoms with Crippen LogP contribution in [-0.4, -0.2) is 5.78 Å². The Morgan fingerprint density at radius 1 is 0.759 bits per heavy atom. The van der Waals surface area contributed by atoms with Gasteiger partial charge in [0.25, 0.3) is 0 Å². The highest BCUT2D eigenvalue weighted by Gasteiger charge is 2.22. The van der Waals surface area contributed by atoms with Crippen molar-refractivity contribution in [3.05, 3.63) is 59.7 Å². The Morgan fingerprint density at radius 2 is 1.34 bits per heavy atom. The summed E-state index contributed by atoms with van der Waals surface area (Å²) in [4.78, 5) is 12.2. The zero-order valence-electron chi connectivity index (χ0n) is 18.5. The van der Waals surface area contributed by atoms with Crippen molar-refractivity contribution in [3.63, 3.8) is 0 Å². The summed E-state index contributed by atoms with van der Waals surface area (Å²) in [6.45, 7) is 4.42. The summed E-state index contributed by atoms with van der Waals surface area (Å²) in [5.41, 5.74) is 4.79. The molecular weight excluding hydrogens is 352 g/mol. The summed E-state index contributed by atoms with van der Waals surface area (Å²) in [6.07, 6.45) is 13.8. The molecule has 29 heavy (non-hydrogen) atoms. The third-order valence-electron chi connectivity index (χ3n) is 6.74. The number of carbonyl (C=O) groups is 1. The fourth-order valence-corrected chi connectivity index (χ4v) is 4.75. The van der Waals surface area contributed by atoms with Crippen molar-refractivity contribution in [1.82, 2.24) is 0 Å². The van der Waals surface area contributed by atoms with Crippen LogP contribution in [0.4, 0.5) is 0 Å². The molecule has 1 fully saturated rings. The van der Waals surface area contributed by atoms with Crippen molar-refractivity contribution in [1.29, 1.82) is 0 Å². The Bertz CT molecular complexity index is 733. The first-order valence-electron chi connectivity index (χ1n) is 11.9. The van der Waals surface area contributed by atoms with Gasteiger partial charge in [0.1, 0.15) is 0 Å². The van der Waals surface area contributed by atoms with Crippen molar-refractivity contribution in [3.8, 4) is 11.1 Å². The average Bonchev–Trinajstić information content (AvgIpc) is 2.78. The number of carbonyl (C=O) groups excluding carboxylic acids is 1. The van der Waals surface area contributed by atoms with Gasteiger partial charge in [-0.1, -0.05) is 94.5 Å². The molecule has 156 valence electrons. The van der Waals surface area contributed by atoms with Crippen molar-refractivity contribution in [2.45, 2.75) is 90.4 Å². The normalized spacial score (nSPS) is 19.2. The molecule has 1 heteroatoms. The molecule has 0 atom stereocenters. The largest absolute Gasteiger partial charge is 0.294 e. The zero-order valence-corrected chi connectivity index (χ0v) is 18.5. The highest BCUT2D eigenvalue weighted by molar-refractivity contribution is 5.96. The Labute approximate surface area is 177 Å². The van der Waals surface area contributed by atoms with Crippen LogP contribution in [0.5, 0.6) is 0 Å². The van der Waals surface area contributed by atoms with Crippen LogP contribution in [0.3, 0.4) is 0 Å².